The number of nitrogens with zero attached hydrogens (tertiary/aromatic N) is 3. The van der Waals surface area contributed by atoms with Gasteiger partial charge in [-0.2, -0.15) is 5.06 Å². The molecular weight excluding hydrogens is 608 g/mol. The second kappa shape index (κ2) is 13.5. The van der Waals surface area contributed by atoms with E-state index in [1.807, 2.05) is 54.6 Å². The van der Waals surface area contributed by atoms with Crippen LogP contribution in [0.5, 0.6) is 0 Å². The summed E-state index contributed by atoms with van der Waals surface area (Å²) in [6, 6.07) is 14.7. The Morgan fingerprint density at radius 2 is 1.77 bits per heavy atom. The number of amides is 3. The normalized spacial score (nSPS) is 28.4. The van der Waals surface area contributed by atoms with E-state index in [9.17, 15) is 24.3 Å². The molecule has 0 radical (unpaired) electrons. The number of rotatable bonds is 11. The van der Waals surface area contributed by atoms with Crippen LogP contribution in [0.15, 0.2) is 60.7 Å². The Balaban J connectivity index is 1.31. The molecule has 4 aliphatic rings. The van der Waals surface area contributed by atoms with Crippen LogP contribution in [0.3, 0.4) is 0 Å². The number of hydroxylamine groups is 2. The first-order valence-corrected chi connectivity index (χ1v) is 15.7. The summed E-state index contributed by atoms with van der Waals surface area (Å²) < 4.78 is 17.7. The Hall–Kier alpha value is -4.14. The highest BCUT2D eigenvalue weighted by Gasteiger charge is 2.75. The van der Waals surface area contributed by atoms with E-state index < -0.39 is 59.7 Å². The second-order valence-corrected chi connectivity index (χ2v) is 12.5. The van der Waals surface area contributed by atoms with Gasteiger partial charge in [0.1, 0.15) is 42.7 Å². The highest BCUT2D eigenvalue weighted by atomic mass is 16.8. The second-order valence-electron chi connectivity index (χ2n) is 12.5. The molecule has 13 heteroatoms. The lowest BCUT2D eigenvalue weighted by Gasteiger charge is -2.50. The van der Waals surface area contributed by atoms with E-state index in [0.717, 1.165) is 16.7 Å². The maximum Gasteiger partial charge on any atom is 0.327 e. The summed E-state index contributed by atoms with van der Waals surface area (Å²) in [5, 5.41) is 13.6. The fraction of sp³-hybridized carbons (Fsp3) is 0.471. The Bertz CT molecular complexity index is 1520. The van der Waals surface area contributed by atoms with Crippen molar-refractivity contribution in [3.05, 3.63) is 77.4 Å². The third kappa shape index (κ3) is 6.17. The first-order chi connectivity index (χ1) is 22.6. The molecule has 1 aliphatic carbocycles. The Morgan fingerprint density at radius 3 is 2.47 bits per heavy atom. The van der Waals surface area contributed by atoms with Gasteiger partial charge in [-0.25, -0.2) is 0 Å². The molecule has 250 valence electrons. The molecule has 13 nitrogen and oxygen atoms in total. The number of hydrogen-bond acceptors (Lipinski definition) is 10. The first kappa shape index (κ1) is 32.8. The number of carbonyl (C=O) groups excluding carboxylic acids is 4. The molecule has 3 aliphatic heterocycles. The quantitative estimate of drug-likeness (QED) is 0.261. The fourth-order valence-corrected chi connectivity index (χ4v) is 7.05. The molecule has 0 aromatic heterocycles. The number of benzene rings is 2. The SMILES string of the molecule is CN(C)C(=O)C=Cc1ccc(CN2OC3C4OCOC4C4CC3(C(=O)N(C)C(Cc3ccccc3)C(=O)NCCO)C2C(=O)O4)cc1. The van der Waals surface area contributed by atoms with Gasteiger partial charge in [0, 0.05) is 46.6 Å². The highest BCUT2D eigenvalue weighted by Crippen LogP contribution is 2.56. The Morgan fingerprint density at radius 1 is 1.04 bits per heavy atom. The van der Waals surface area contributed by atoms with E-state index in [1.54, 1.807) is 27.2 Å². The standard InChI is InChI=1S/C34H40N4O9/c1-36(2)26(40)14-13-21-9-11-23(12-10-21)19-38-29-32(42)46-25-18-34(29,30(47-38)28-27(25)44-20-45-28)33(43)37(3)24(31(41)35-15-16-39)17-22-7-5-4-6-8-22/h4-14,24-25,27-30,39H,15-20H2,1-3H3,(H,35,41). The van der Waals surface area contributed by atoms with E-state index in [-0.39, 0.29) is 45.2 Å². The summed E-state index contributed by atoms with van der Waals surface area (Å²) in [6.07, 6.45) is 0.680. The summed E-state index contributed by atoms with van der Waals surface area (Å²) in [6.45, 7) is -0.0937. The van der Waals surface area contributed by atoms with Crippen LogP contribution in [0.4, 0.5) is 0 Å². The maximum atomic E-state index is 14.9. The number of aliphatic hydroxyl groups excluding tert-OH is 1. The molecule has 6 rings (SSSR count). The third-order valence-corrected chi connectivity index (χ3v) is 9.42. The van der Waals surface area contributed by atoms with Crippen molar-refractivity contribution in [2.24, 2.45) is 5.41 Å². The lowest BCUT2D eigenvalue weighted by atomic mass is 9.62. The van der Waals surface area contributed by atoms with Crippen LogP contribution in [-0.4, -0.2) is 121 Å². The molecule has 3 heterocycles. The summed E-state index contributed by atoms with van der Waals surface area (Å²) in [5.74, 6) is -1.60. The van der Waals surface area contributed by atoms with E-state index in [0.29, 0.717) is 0 Å². The van der Waals surface area contributed by atoms with Crippen LogP contribution >= 0.6 is 0 Å². The van der Waals surface area contributed by atoms with Crippen LogP contribution < -0.4 is 5.32 Å². The highest BCUT2D eigenvalue weighted by molar-refractivity contribution is 5.96. The van der Waals surface area contributed by atoms with Gasteiger partial charge in [0.2, 0.25) is 17.7 Å². The number of carbonyl (C=O) groups is 4. The molecule has 2 aromatic carbocycles. The van der Waals surface area contributed by atoms with Crippen molar-refractivity contribution >= 4 is 29.8 Å². The average Bonchev–Trinajstić information content (AvgIpc) is 3.70. The summed E-state index contributed by atoms with van der Waals surface area (Å²) in [4.78, 5) is 63.5. The van der Waals surface area contributed by atoms with Crippen LogP contribution in [0.1, 0.15) is 23.1 Å². The number of ether oxygens (including phenoxy) is 3. The molecular formula is C34H40N4O9. The van der Waals surface area contributed by atoms with Gasteiger partial charge < -0.3 is 34.4 Å². The topological polar surface area (TPSA) is 147 Å². The van der Waals surface area contributed by atoms with Crippen molar-refractivity contribution in [2.45, 2.75) is 55.9 Å². The van der Waals surface area contributed by atoms with Crippen molar-refractivity contribution in [1.29, 1.82) is 0 Å². The lowest BCUT2D eigenvalue weighted by molar-refractivity contribution is -0.204. The molecule has 2 bridgehead atoms. The predicted octanol–water partition coefficient (Wildman–Crippen LogP) is 0.508. The van der Waals surface area contributed by atoms with E-state index in [1.165, 1.54) is 20.9 Å². The van der Waals surface area contributed by atoms with Crippen molar-refractivity contribution in [3.8, 4) is 0 Å². The molecule has 3 amide bonds. The van der Waals surface area contributed by atoms with Gasteiger partial charge in [-0.3, -0.25) is 24.0 Å². The van der Waals surface area contributed by atoms with E-state index in [4.69, 9.17) is 19.0 Å². The first-order valence-electron chi connectivity index (χ1n) is 15.7. The molecule has 1 saturated carbocycles. The van der Waals surface area contributed by atoms with Gasteiger partial charge >= 0.3 is 5.97 Å². The average molecular weight is 649 g/mol. The molecule has 7 atom stereocenters. The number of likely N-dealkylation sites (N-methyl/N-ethyl adjacent to an activating group) is 2. The largest absolute Gasteiger partial charge is 0.458 e. The molecule has 0 spiro atoms. The molecule has 2 aromatic rings. The van der Waals surface area contributed by atoms with Crippen LogP contribution in [0, 0.1) is 5.41 Å². The minimum Gasteiger partial charge on any atom is -0.458 e. The lowest BCUT2D eigenvalue weighted by Crippen LogP contribution is -2.70. The van der Waals surface area contributed by atoms with Gasteiger partial charge in [0.15, 0.2) is 6.04 Å². The molecule has 47 heavy (non-hydrogen) atoms. The van der Waals surface area contributed by atoms with Crippen LogP contribution in [0.2, 0.25) is 0 Å². The molecule has 3 saturated heterocycles. The number of aliphatic hydroxyl groups is 1. The number of hydrogen-bond donors (Lipinski definition) is 2. The van der Waals surface area contributed by atoms with Crippen molar-refractivity contribution in [2.75, 3.05) is 41.1 Å². The summed E-state index contributed by atoms with van der Waals surface area (Å²) in [7, 11) is 4.92. The van der Waals surface area contributed by atoms with E-state index >= 15 is 0 Å². The van der Waals surface area contributed by atoms with Gasteiger partial charge in [-0.05, 0) is 22.8 Å². The smallest absolute Gasteiger partial charge is 0.327 e. The number of nitrogens with one attached hydrogen (secondary N) is 1. The molecule has 4 fully saturated rings. The zero-order chi connectivity index (χ0) is 33.3. The zero-order valence-corrected chi connectivity index (χ0v) is 26.6. The van der Waals surface area contributed by atoms with Gasteiger partial charge in [-0.1, -0.05) is 54.6 Å². The van der Waals surface area contributed by atoms with Gasteiger partial charge in [-0.15, -0.1) is 0 Å². The Labute approximate surface area is 272 Å². The number of fused-ring (bicyclic) bond motifs is 4. The zero-order valence-electron chi connectivity index (χ0n) is 26.6. The summed E-state index contributed by atoms with van der Waals surface area (Å²) >= 11 is 0. The Kier molecular flexibility index (Phi) is 9.44. The van der Waals surface area contributed by atoms with Crippen molar-refractivity contribution in [1.82, 2.24) is 20.2 Å². The molecule has 2 N–H and O–H groups in total. The van der Waals surface area contributed by atoms with Crippen LogP contribution in [-0.2, 0) is 51.2 Å². The predicted molar refractivity (Wildman–Crippen MR) is 167 cm³/mol. The third-order valence-electron chi connectivity index (χ3n) is 9.42. The molecule has 7 unspecified atom stereocenters. The minimum atomic E-state index is -1.43. The van der Waals surface area contributed by atoms with Crippen molar-refractivity contribution < 1.29 is 43.3 Å². The maximum absolute atomic E-state index is 14.9. The monoisotopic (exact) mass is 648 g/mol. The van der Waals surface area contributed by atoms with Gasteiger partial charge in [0.25, 0.3) is 0 Å². The van der Waals surface area contributed by atoms with Crippen LogP contribution in [0.25, 0.3) is 6.08 Å². The minimum absolute atomic E-state index is 0.0283. The van der Waals surface area contributed by atoms with Gasteiger partial charge in [0.05, 0.1) is 13.2 Å². The summed E-state index contributed by atoms with van der Waals surface area (Å²) in [5.41, 5.74) is 1.04. The van der Waals surface area contributed by atoms with E-state index in [2.05, 4.69) is 5.32 Å². The van der Waals surface area contributed by atoms with Crippen molar-refractivity contribution in [3.63, 3.8) is 0 Å². The number of esters is 1. The fourth-order valence-electron chi connectivity index (χ4n) is 7.05.